The molecule has 0 spiro atoms. The van der Waals surface area contributed by atoms with Crippen LogP contribution in [0, 0.1) is 6.92 Å². The zero-order chi connectivity index (χ0) is 17.6. The molecule has 3 rings (SSSR count). The van der Waals surface area contributed by atoms with Gasteiger partial charge in [0.05, 0.1) is 12.1 Å². The predicted molar refractivity (Wildman–Crippen MR) is 107 cm³/mol. The highest BCUT2D eigenvalue weighted by atomic mass is 32.2. The quantitative estimate of drug-likeness (QED) is 0.591. The topological polar surface area (TPSA) is 42.0 Å². The summed E-state index contributed by atoms with van der Waals surface area (Å²) < 4.78 is 0. The first-order chi connectivity index (χ1) is 12.1. The van der Waals surface area contributed by atoms with Crippen LogP contribution in [-0.2, 0) is 11.2 Å². The fourth-order valence-electron chi connectivity index (χ4n) is 2.41. The average Bonchev–Trinajstić information content (AvgIpc) is 3.06. The number of rotatable bonds is 6. The van der Waals surface area contributed by atoms with Crippen molar-refractivity contribution in [3.8, 4) is 11.3 Å². The SMILES string of the molecule is CCSc1ccc(CC(=O)Nc2nc(-c3ccc(C)cc3)cs2)cc1. The molecule has 0 aliphatic heterocycles. The molecule has 0 aliphatic carbocycles. The molecule has 0 bridgehead atoms. The van der Waals surface area contributed by atoms with E-state index in [1.807, 2.05) is 29.6 Å². The Kier molecular flexibility index (Phi) is 5.89. The smallest absolute Gasteiger partial charge is 0.230 e. The Bertz CT molecular complexity index is 839. The van der Waals surface area contributed by atoms with E-state index in [0.717, 1.165) is 22.6 Å². The second-order valence-corrected chi connectivity index (χ2v) is 7.90. The maximum absolute atomic E-state index is 12.2. The molecule has 25 heavy (non-hydrogen) atoms. The van der Waals surface area contributed by atoms with E-state index in [4.69, 9.17) is 0 Å². The third-order valence-corrected chi connectivity index (χ3v) is 5.35. The lowest BCUT2D eigenvalue weighted by molar-refractivity contribution is -0.115. The first kappa shape index (κ1) is 17.7. The minimum atomic E-state index is -0.0410. The van der Waals surface area contributed by atoms with Crippen molar-refractivity contribution in [2.75, 3.05) is 11.1 Å². The fraction of sp³-hybridized carbons (Fsp3) is 0.200. The maximum atomic E-state index is 12.2. The van der Waals surface area contributed by atoms with Gasteiger partial charge in [-0.1, -0.05) is 48.9 Å². The summed E-state index contributed by atoms with van der Waals surface area (Å²) in [7, 11) is 0. The Morgan fingerprint density at radius 1 is 1.12 bits per heavy atom. The van der Waals surface area contributed by atoms with E-state index in [9.17, 15) is 4.79 Å². The number of nitrogens with zero attached hydrogens (tertiary/aromatic N) is 1. The van der Waals surface area contributed by atoms with Gasteiger partial charge in [-0.3, -0.25) is 4.79 Å². The second kappa shape index (κ2) is 8.32. The summed E-state index contributed by atoms with van der Waals surface area (Å²) in [5.41, 5.74) is 4.18. The zero-order valence-electron chi connectivity index (χ0n) is 14.3. The summed E-state index contributed by atoms with van der Waals surface area (Å²) in [4.78, 5) is 18.0. The van der Waals surface area contributed by atoms with E-state index in [-0.39, 0.29) is 5.91 Å². The van der Waals surface area contributed by atoms with Crippen LogP contribution in [0.4, 0.5) is 5.13 Å². The number of thiazole rings is 1. The fourth-order valence-corrected chi connectivity index (χ4v) is 3.80. The van der Waals surface area contributed by atoms with Crippen molar-refractivity contribution in [3.63, 3.8) is 0 Å². The highest BCUT2D eigenvalue weighted by molar-refractivity contribution is 7.99. The molecule has 3 nitrogen and oxygen atoms in total. The molecule has 0 saturated heterocycles. The molecule has 5 heteroatoms. The third-order valence-electron chi connectivity index (χ3n) is 3.70. The Balaban J connectivity index is 1.60. The van der Waals surface area contributed by atoms with E-state index < -0.39 is 0 Å². The molecule has 128 valence electrons. The van der Waals surface area contributed by atoms with E-state index >= 15 is 0 Å². The molecule has 2 aromatic carbocycles. The van der Waals surface area contributed by atoms with Crippen LogP contribution in [0.3, 0.4) is 0 Å². The van der Waals surface area contributed by atoms with Gasteiger partial charge in [0.15, 0.2) is 5.13 Å². The predicted octanol–water partition coefficient (Wildman–Crippen LogP) is 5.41. The summed E-state index contributed by atoms with van der Waals surface area (Å²) in [6, 6.07) is 16.4. The van der Waals surface area contributed by atoms with Crippen LogP contribution in [0.15, 0.2) is 58.8 Å². The van der Waals surface area contributed by atoms with Crippen LogP contribution < -0.4 is 5.32 Å². The number of thioether (sulfide) groups is 1. The lowest BCUT2D eigenvalue weighted by Crippen LogP contribution is -2.14. The number of amides is 1. The number of benzene rings is 2. The van der Waals surface area contributed by atoms with Crippen molar-refractivity contribution in [2.24, 2.45) is 0 Å². The molecule has 0 radical (unpaired) electrons. The molecule has 0 unspecified atom stereocenters. The number of hydrogen-bond acceptors (Lipinski definition) is 4. The first-order valence-electron chi connectivity index (χ1n) is 8.18. The van der Waals surface area contributed by atoms with Crippen molar-refractivity contribution in [3.05, 3.63) is 65.0 Å². The molecule has 1 N–H and O–H groups in total. The van der Waals surface area contributed by atoms with Crippen LogP contribution in [0.25, 0.3) is 11.3 Å². The minimum Gasteiger partial charge on any atom is -0.302 e. The summed E-state index contributed by atoms with van der Waals surface area (Å²) in [5.74, 6) is 1.01. The number of carbonyl (C=O) groups excluding carboxylic acids is 1. The molecule has 1 amide bonds. The normalized spacial score (nSPS) is 10.6. The van der Waals surface area contributed by atoms with Gasteiger partial charge in [-0.25, -0.2) is 4.98 Å². The highest BCUT2D eigenvalue weighted by Crippen LogP contribution is 2.25. The van der Waals surface area contributed by atoms with Crippen LogP contribution in [0.5, 0.6) is 0 Å². The van der Waals surface area contributed by atoms with Crippen molar-refractivity contribution in [2.45, 2.75) is 25.2 Å². The van der Waals surface area contributed by atoms with Gasteiger partial charge >= 0.3 is 0 Å². The second-order valence-electron chi connectivity index (χ2n) is 5.71. The highest BCUT2D eigenvalue weighted by Gasteiger charge is 2.09. The molecule has 0 saturated carbocycles. The Labute approximate surface area is 156 Å². The van der Waals surface area contributed by atoms with Gasteiger partial charge in [0.25, 0.3) is 0 Å². The Hall–Kier alpha value is -2.11. The van der Waals surface area contributed by atoms with Crippen molar-refractivity contribution < 1.29 is 4.79 Å². The number of nitrogens with one attached hydrogen (secondary N) is 1. The minimum absolute atomic E-state index is 0.0410. The van der Waals surface area contributed by atoms with Crippen molar-refractivity contribution in [1.82, 2.24) is 4.98 Å². The number of carbonyl (C=O) groups is 1. The molecule has 0 atom stereocenters. The van der Waals surface area contributed by atoms with Gasteiger partial charge in [-0.15, -0.1) is 23.1 Å². The molecule has 1 heterocycles. The summed E-state index contributed by atoms with van der Waals surface area (Å²) in [6.07, 6.45) is 0.358. The van der Waals surface area contributed by atoms with Crippen molar-refractivity contribution >= 4 is 34.1 Å². The van der Waals surface area contributed by atoms with Gasteiger partial charge in [0.2, 0.25) is 5.91 Å². The lowest BCUT2D eigenvalue weighted by Gasteiger charge is -2.04. The number of aromatic nitrogens is 1. The van der Waals surface area contributed by atoms with E-state index in [1.54, 1.807) is 11.8 Å². The third kappa shape index (κ3) is 4.94. The molecule has 0 aliphatic rings. The van der Waals surface area contributed by atoms with Gasteiger partial charge < -0.3 is 5.32 Å². The molecular weight excluding hydrogens is 348 g/mol. The summed E-state index contributed by atoms with van der Waals surface area (Å²) >= 11 is 3.25. The monoisotopic (exact) mass is 368 g/mol. The van der Waals surface area contributed by atoms with Crippen molar-refractivity contribution in [1.29, 1.82) is 0 Å². The average molecular weight is 369 g/mol. The summed E-state index contributed by atoms with van der Waals surface area (Å²) in [5, 5.41) is 5.50. The summed E-state index contributed by atoms with van der Waals surface area (Å²) in [6.45, 7) is 4.19. The molecule has 0 fully saturated rings. The van der Waals surface area contributed by atoms with E-state index in [0.29, 0.717) is 11.6 Å². The van der Waals surface area contributed by atoms with E-state index in [2.05, 4.69) is 48.4 Å². The van der Waals surface area contributed by atoms with Gasteiger partial charge in [0.1, 0.15) is 0 Å². The zero-order valence-corrected chi connectivity index (χ0v) is 15.9. The Morgan fingerprint density at radius 2 is 1.84 bits per heavy atom. The first-order valence-corrected chi connectivity index (χ1v) is 10.0. The van der Waals surface area contributed by atoms with Crippen LogP contribution in [0.2, 0.25) is 0 Å². The van der Waals surface area contributed by atoms with Gasteiger partial charge in [-0.05, 0) is 30.4 Å². The maximum Gasteiger partial charge on any atom is 0.230 e. The molecular formula is C20H20N2OS2. The van der Waals surface area contributed by atoms with Crippen LogP contribution in [0.1, 0.15) is 18.1 Å². The molecule has 1 aromatic heterocycles. The van der Waals surface area contributed by atoms with Crippen LogP contribution >= 0.6 is 23.1 Å². The Morgan fingerprint density at radius 3 is 2.52 bits per heavy atom. The largest absolute Gasteiger partial charge is 0.302 e. The number of anilines is 1. The lowest BCUT2D eigenvalue weighted by atomic mass is 10.1. The molecule has 3 aromatic rings. The number of aryl methyl sites for hydroxylation is 1. The van der Waals surface area contributed by atoms with Gasteiger partial charge in [0, 0.05) is 15.8 Å². The van der Waals surface area contributed by atoms with E-state index in [1.165, 1.54) is 21.8 Å². The van der Waals surface area contributed by atoms with Gasteiger partial charge in [-0.2, -0.15) is 0 Å². The number of hydrogen-bond donors (Lipinski definition) is 1. The standard InChI is InChI=1S/C20H20N2OS2/c1-3-24-17-10-6-15(7-11-17)12-19(23)22-20-21-18(13-25-20)16-8-4-14(2)5-9-16/h4-11,13H,3,12H2,1-2H3,(H,21,22,23). The van der Waals surface area contributed by atoms with Crippen LogP contribution in [-0.4, -0.2) is 16.6 Å².